The lowest BCUT2D eigenvalue weighted by Crippen LogP contribution is -2.45. The molecule has 1 atom stereocenters. The summed E-state index contributed by atoms with van der Waals surface area (Å²) in [5, 5.41) is 2.99. The van der Waals surface area contributed by atoms with Gasteiger partial charge in [0.05, 0.1) is 5.41 Å². The topological polar surface area (TPSA) is 62.3 Å². The van der Waals surface area contributed by atoms with Gasteiger partial charge >= 0.3 is 0 Å². The maximum absolute atomic E-state index is 13.4. The molecule has 4 rings (SSSR count). The van der Waals surface area contributed by atoms with E-state index in [0.29, 0.717) is 38.2 Å². The van der Waals surface area contributed by atoms with Crippen LogP contribution in [0.3, 0.4) is 0 Å². The lowest BCUT2D eigenvalue weighted by atomic mass is 9.78. The summed E-state index contributed by atoms with van der Waals surface area (Å²) in [4.78, 5) is 32.5. The van der Waals surface area contributed by atoms with E-state index >= 15 is 0 Å². The fourth-order valence-corrected chi connectivity index (χ4v) is 4.59. The molecule has 0 bridgehead atoms. The predicted octanol–water partition coefficient (Wildman–Crippen LogP) is 4.43. The predicted molar refractivity (Wildman–Crippen MR) is 131 cm³/mol. The molecule has 1 fully saturated rings. The van der Waals surface area contributed by atoms with Gasteiger partial charge in [-0.1, -0.05) is 66.2 Å². The number of aryl methyl sites for hydroxylation is 1. The molecule has 2 aromatic carbocycles. The first-order valence-electron chi connectivity index (χ1n) is 11.3. The summed E-state index contributed by atoms with van der Waals surface area (Å²) in [6.45, 7) is 7.07. The Labute approximate surface area is 195 Å². The van der Waals surface area contributed by atoms with Crippen molar-refractivity contribution in [2.75, 3.05) is 19.6 Å². The fourth-order valence-electron chi connectivity index (χ4n) is 4.59. The van der Waals surface area contributed by atoms with Crippen molar-refractivity contribution in [2.24, 2.45) is 5.41 Å². The van der Waals surface area contributed by atoms with Crippen LogP contribution in [0.5, 0.6) is 0 Å². The van der Waals surface area contributed by atoms with Gasteiger partial charge in [0.1, 0.15) is 5.69 Å². The molecule has 33 heavy (non-hydrogen) atoms. The van der Waals surface area contributed by atoms with E-state index in [0.717, 1.165) is 16.7 Å². The second kappa shape index (κ2) is 9.82. The van der Waals surface area contributed by atoms with Crippen LogP contribution < -0.4 is 5.32 Å². The summed E-state index contributed by atoms with van der Waals surface area (Å²) in [7, 11) is 0. The molecule has 0 aliphatic carbocycles. The third kappa shape index (κ3) is 4.87. The zero-order valence-corrected chi connectivity index (χ0v) is 19.0. The largest absolute Gasteiger partial charge is 0.352 e. The Bertz CT molecular complexity index is 1160. The fraction of sp³-hybridized carbons (Fsp3) is 0.250. The highest BCUT2D eigenvalue weighted by Crippen LogP contribution is 2.38. The molecule has 168 valence electrons. The number of nitrogens with one attached hydrogen (secondary N) is 1. The molecular formula is C28H29N3O2. The molecular weight excluding hydrogens is 410 g/mol. The lowest BCUT2D eigenvalue weighted by Gasteiger charge is -2.29. The highest BCUT2D eigenvalue weighted by atomic mass is 16.2. The number of carbonyl (C=O) groups excluding carboxylic acids is 2. The van der Waals surface area contributed by atoms with Crippen molar-refractivity contribution in [3.63, 3.8) is 0 Å². The second-order valence-electron chi connectivity index (χ2n) is 8.67. The van der Waals surface area contributed by atoms with Crippen molar-refractivity contribution in [2.45, 2.75) is 19.8 Å². The van der Waals surface area contributed by atoms with Crippen molar-refractivity contribution in [1.29, 1.82) is 0 Å². The summed E-state index contributed by atoms with van der Waals surface area (Å²) in [5.74, 6) is -0.182. The zero-order chi connectivity index (χ0) is 23.3. The number of carbonyl (C=O) groups is 2. The molecule has 5 nitrogen and oxygen atoms in total. The Morgan fingerprint density at radius 1 is 1.12 bits per heavy atom. The lowest BCUT2D eigenvalue weighted by molar-refractivity contribution is -0.130. The summed E-state index contributed by atoms with van der Waals surface area (Å²) in [5.41, 5.74) is 4.23. The second-order valence-corrected chi connectivity index (χ2v) is 8.67. The third-order valence-electron chi connectivity index (χ3n) is 6.29. The Morgan fingerprint density at radius 2 is 1.94 bits per heavy atom. The first-order chi connectivity index (χ1) is 16.0. The van der Waals surface area contributed by atoms with E-state index in [-0.39, 0.29) is 11.8 Å². The highest BCUT2D eigenvalue weighted by Gasteiger charge is 2.46. The van der Waals surface area contributed by atoms with Crippen LogP contribution in [-0.4, -0.2) is 41.3 Å². The molecule has 1 aromatic heterocycles. The van der Waals surface area contributed by atoms with Crippen LogP contribution in [0.2, 0.25) is 0 Å². The maximum Gasteiger partial charge on any atom is 0.272 e. The van der Waals surface area contributed by atoms with Gasteiger partial charge in [-0.25, -0.2) is 0 Å². The highest BCUT2D eigenvalue weighted by molar-refractivity contribution is 5.94. The van der Waals surface area contributed by atoms with Crippen LogP contribution >= 0.6 is 0 Å². The number of nitrogens with zero attached hydrogens (tertiary/aromatic N) is 2. The van der Waals surface area contributed by atoms with Crippen molar-refractivity contribution in [3.8, 4) is 11.1 Å². The molecule has 0 radical (unpaired) electrons. The molecule has 0 spiro atoms. The van der Waals surface area contributed by atoms with Crippen LogP contribution in [0.1, 0.15) is 28.0 Å². The standard InChI is InChI=1S/C28H29N3O2/c1-3-15-30-27(33)28(14-17-31(20-28)26(32)25-13-6-7-16-29-25)19-23-10-4-5-12-24(23)22-11-8-9-21(2)18-22/h3-13,16,18H,1,14-15,17,19-20H2,2H3,(H,30,33)/t28-/m0/s1. The van der Waals surface area contributed by atoms with E-state index in [1.807, 2.05) is 12.1 Å². The maximum atomic E-state index is 13.4. The summed E-state index contributed by atoms with van der Waals surface area (Å²) < 4.78 is 0. The molecule has 1 saturated heterocycles. The van der Waals surface area contributed by atoms with Gasteiger partial charge in [-0.3, -0.25) is 14.6 Å². The van der Waals surface area contributed by atoms with E-state index < -0.39 is 5.41 Å². The van der Waals surface area contributed by atoms with Crippen LogP contribution in [0.25, 0.3) is 11.1 Å². The van der Waals surface area contributed by atoms with Crippen LogP contribution in [0.15, 0.2) is 85.6 Å². The average molecular weight is 440 g/mol. The first kappa shape index (κ1) is 22.5. The number of pyridine rings is 1. The molecule has 0 unspecified atom stereocenters. The Balaban J connectivity index is 1.66. The summed E-state index contributed by atoms with van der Waals surface area (Å²) in [6, 6.07) is 21.9. The molecule has 1 aliphatic rings. The van der Waals surface area contributed by atoms with Gasteiger partial charge in [-0.05, 0) is 48.6 Å². The number of benzene rings is 2. The quantitative estimate of drug-likeness (QED) is 0.554. The molecule has 1 aliphatic heterocycles. The van der Waals surface area contributed by atoms with Gasteiger partial charge in [0.25, 0.3) is 5.91 Å². The number of rotatable bonds is 7. The minimum atomic E-state index is -0.715. The number of amides is 2. The number of aromatic nitrogens is 1. The smallest absolute Gasteiger partial charge is 0.272 e. The van der Waals surface area contributed by atoms with Gasteiger partial charge in [0.15, 0.2) is 0 Å². The Kier molecular flexibility index (Phi) is 6.68. The minimum absolute atomic E-state index is 0.0437. The SMILES string of the molecule is C=CCNC(=O)[C@]1(Cc2ccccc2-c2cccc(C)c2)CCN(C(=O)c2ccccn2)C1. The Hall–Kier alpha value is -3.73. The normalized spacial score (nSPS) is 17.5. The monoisotopic (exact) mass is 439 g/mol. The summed E-state index contributed by atoms with van der Waals surface area (Å²) >= 11 is 0. The van der Waals surface area contributed by atoms with Crippen LogP contribution in [-0.2, 0) is 11.2 Å². The zero-order valence-electron chi connectivity index (χ0n) is 19.0. The summed E-state index contributed by atoms with van der Waals surface area (Å²) in [6.07, 6.45) is 4.44. The first-order valence-corrected chi connectivity index (χ1v) is 11.3. The molecule has 0 saturated carbocycles. The van der Waals surface area contributed by atoms with E-state index in [2.05, 4.69) is 60.2 Å². The van der Waals surface area contributed by atoms with E-state index in [1.54, 1.807) is 35.4 Å². The van der Waals surface area contributed by atoms with E-state index in [9.17, 15) is 9.59 Å². The van der Waals surface area contributed by atoms with Crippen molar-refractivity contribution in [1.82, 2.24) is 15.2 Å². The number of likely N-dealkylation sites (tertiary alicyclic amines) is 1. The van der Waals surface area contributed by atoms with Gasteiger partial charge in [0, 0.05) is 25.8 Å². The van der Waals surface area contributed by atoms with Crippen molar-refractivity contribution >= 4 is 11.8 Å². The molecule has 2 amide bonds. The number of hydrogen-bond donors (Lipinski definition) is 1. The Morgan fingerprint density at radius 3 is 2.70 bits per heavy atom. The van der Waals surface area contributed by atoms with E-state index in [4.69, 9.17) is 0 Å². The number of hydrogen-bond acceptors (Lipinski definition) is 3. The van der Waals surface area contributed by atoms with Gasteiger partial charge < -0.3 is 10.2 Å². The van der Waals surface area contributed by atoms with Crippen LogP contribution in [0, 0.1) is 12.3 Å². The minimum Gasteiger partial charge on any atom is -0.352 e. The van der Waals surface area contributed by atoms with Gasteiger partial charge in [-0.15, -0.1) is 6.58 Å². The van der Waals surface area contributed by atoms with Crippen molar-refractivity contribution < 1.29 is 9.59 Å². The molecule has 1 N–H and O–H groups in total. The van der Waals surface area contributed by atoms with Gasteiger partial charge in [-0.2, -0.15) is 0 Å². The average Bonchev–Trinajstić information content (AvgIpc) is 3.28. The third-order valence-corrected chi connectivity index (χ3v) is 6.29. The molecule has 2 heterocycles. The molecule has 5 heteroatoms. The van der Waals surface area contributed by atoms with E-state index in [1.165, 1.54) is 5.56 Å². The molecule has 3 aromatic rings. The van der Waals surface area contributed by atoms with Crippen molar-refractivity contribution in [3.05, 3.63) is 102 Å². The van der Waals surface area contributed by atoms with Crippen LogP contribution in [0.4, 0.5) is 0 Å². The van der Waals surface area contributed by atoms with Gasteiger partial charge in [0.2, 0.25) is 5.91 Å².